The topological polar surface area (TPSA) is 6.48 Å². The first-order chi connectivity index (χ1) is 7.63. The molecule has 2 rings (SSSR count). The van der Waals surface area contributed by atoms with Crippen molar-refractivity contribution in [1.82, 2.24) is 9.80 Å². The summed E-state index contributed by atoms with van der Waals surface area (Å²) in [6, 6.07) is 0.775. The summed E-state index contributed by atoms with van der Waals surface area (Å²) < 4.78 is 0. The average molecular weight is 226 g/mol. The first-order valence-corrected chi connectivity index (χ1v) is 7.06. The minimum Gasteiger partial charge on any atom is -0.306 e. The summed E-state index contributed by atoms with van der Waals surface area (Å²) >= 11 is 0. The molecule has 0 N–H and O–H groups in total. The molecule has 0 aromatic heterocycles. The number of likely N-dealkylation sites (tertiary alicyclic amines) is 2. The Morgan fingerprint density at radius 1 is 1.12 bits per heavy atom. The molecule has 96 valence electrons. The lowest BCUT2D eigenvalue weighted by Crippen LogP contribution is -2.26. The van der Waals surface area contributed by atoms with Crippen LogP contribution >= 0.6 is 0 Å². The van der Waals surface area contributed by atoms with E-state index in [1.54, 1.807) is 0 Å². The van der Waals surface area contributed by atoms with E-state index in [0.717, 1.165) is 12.0 Å². The van der Waals surface area contributed by atoms with Crippen LogP contribution in [-0.4, -0.2) is 49.1 Å². The summed E-state index contributed by atoms with van der Waals surface area (Å²) in [5.74, 6) is 1.000. The van der Waals surface area contributed by atoms with Crippen molar-refractivity contribution in [3.8, 4) is 0 Å². The Balaban J connectivity index is 0.000000160. The van der Waals surface area contributed by atoms with E-state index in [0.29, 0.717) is 0 Å². The van der Waals surface area contributed by atoms with Crippen LogP contribution in [0.4, 0.5) is 0 Å². The minimum atomic E-state index is 0.775. The fraction of sp³-hybridized carbons (Fsp3) is 1.00. The van der Waals surface area contributed by atoms with Crippen molar-refractivity contribution < 1.29 is 0 Å². The molecular formula is C14H30N2. The maximum absolute atomic E-state index is 2.53. The molecule has 0 spiro atoms. The smallest absolute Gasteiger partial charge is 0.00385 e. The molecule has 2 nitrogen and oxygen atoms in total. The number of hydrogen-bond donors (Lipinski definition) is 0. The molecule has 1 atom stereocenters. The molecule has 0 aliphatic carbocycles. The summed E-state index contributed by atoms with van der Waals surface area (Å²) in [6.07, 6.45) is 5.62. The Morgan fingerprint density at radius 2 is 1.75 bits per heavy atom. The van der Waals surface area contributed by atoms with E-state index < -0.39 is 0 Å². The third kappa shape index (κ3) is 4.84. The second-order valence-electron chi connectivity index (χ2n) is 5.66. The van der Waals surface area contributed by atoms with E-state index in [4.69, 9.17) is 0 Å². The van der Waals surface area contributed by atoms with Crippen LogP contribution < -0.4 is 0 Å². The van der Waals surface area contributed by atoms with Crippen LogP contribution in [0.15, 0.2) is 0 Å². The fourth-order valence-corrected chi connectivity index (χ4v) is 2.62. The maximum Gasteiger partial charge on any atom is 0.00385 e. The molecule has 0 unspecified atom stereocenters. The van der Waals surface area contributed by atoms with Crippen molar-refractivity contribution in [3.05, 3.63) is 0 Å². The molecule has 2 heteroatoms. The predicted octanol–water partition coefficient (Wildman–Crippen LogP) is 2.84. The van der Waals surface area contributed by atoms with E-state index >= 15 is 0 Å². The molecule has 0 aromatic carbocycles. The summed E-state index contributed by atoms with van der Waals surface area (Å²) in [5.41, 5.74) is 0. The highest BCUT2D eigenvalue weighted by Gasteiger charge is 2.16. The molecular weight excluding hydrogens is 196 g/mol. The lowest BCUT2D eigenvalue weighted by atomic mass is 10.1. The van der Waals surface area contributed by atoms with Gasteiger partial charge in [-0.2, -0.15) is 0 Å². The molecule has 2 aliphatic heterocycles. The average Bonchev–Trinajstić information content (AvgIpc) is 2.88. The van der Waals surface area contributed by atoms with E-state index in [9.17, 15) is 0 Å². The van der Waals surface area contributed by atoms with Gasteiger partial charge in [-0.15, -0.1) is 0 Å². The third-order valence-corrected chi connectivity index (χ3v) is 3.94. The Morgan fingerprint density at radius 3 is 2.00 bits per heavy atom. The van der Waals surface area contributed by atoms with Gasteiger partial charge in [0.15, 0.2) is 0 Å². The second-order valence-corrected chi connectivity index (χ2v) is 5.66. The Hall–Kier alpha value is -0.0800. The van der Waals surface area contributed by atoms with Gasteiger partial charge in [0.2, 0.25) is 0 Å². The second kappa shape index (κ2) is 7.29. The molecule has 2 heterocycles. The molecule has 0 radical (unpaired) electrons. The van der Waals surface area contributed by atoms with Crippen molar-refractivity contribution in [2.45, 2.75) is 52.5 Å². The van der Waals surface area contributed by atoms with Gasteiger partial charge in [-0.05, 0) is 65.7 Å². The van der Waals surface area contributed by atoms with Crippen molar-refractivity contribution in [2.24, 2.45) is 5.92 Å². The Bertz CT molecular complexity index is 174. The van der Waals surface area contributed by atoms with Gasteiger partial charge >= 0.3 is 0 Å². The summed E-state index contributed by atoms with van der Waals surface area (Å²) in [4.78, 5) is 4.94. The molecule has 0 saturated carbocycles. The van der Waals surface area contributed by atoms with Gasteiger partial charge in [-0.1, -0.05) is 13.3 Å². The van der Waals surface area contributed by atoms with Crippen LogP contribution in [0.3, 0.4) is 0 Å². The molecule has 16 heavy (non-hydrogen) atoms. The van der Waals surface area contributed by atoms with Gasteiger partial charge in [0, 0.05) is 12.6 Å². The lowest BCUT2D eigenvalue weighted by molar-refractivity contribution is 0.276. The van der Waals surface area contributed by atoms with Gasteiger partial charge in [0.1, 0.15) is 0 Å². The first-order valence-electron chi connectivity index (χ1n) is 7.06. The monoisotopic (exact) mass is 226 g/mol. The first kappa shape index (κ1) is 14.0. The minimum absolute atomic E-state index is 0.775. The Kier molecular flexibility index (Phi) is 6.37. The molecule has 2 saturated heterocycles. The van der Waals surface area contributed by atoms with Crippen molar-refractivity contribution in [1.29, 1.82) is 0 Å². The van der Waals surface area contributed by atoms with Gasteiger partial charge < -0.3 is 9.80 Å². The number of rotatable bonds is 2. The lowest BCUT2D eigenvalue weighted by Gasteiger charge is -2.18. The molecule has 0 aromatic rings. The van der Waals surface area contributed by atoms with Crippen molar-refractivity contribution >= 4 is 0 Å². The zero-order valence-corrected chi connectivity index (χ0v) is 11.7. The normalized spacial score (nSPS) is 27.2. The molecule has 2 aliphatic rings. The van der Waals surface area contributed by atoms with Crippen LogP contribution in [0, 0.1) is 5.92 Å². The summed E-state index contributed by atoms with van der Waals surface area (Å²) in [5, 5.41) is 0. The summed E-state index contributed by atoms with van der Waals surface area (Å²) in [7, 11) is 2.20. The van der Waals surface area contributed by atoms with E-state index in [1.807, 2.05) is 0 Å². The molecule has 0 bridgehead atoms. The van der Waals surface area contributed by atoms with Crippen LogP contribution in [-0.2, 0) is 0 Å². The SMILES string of the molecule is CC(C)N1CCCC1.CC[C@@H]1CCN(C)C1. The van der Waals surface area contributed by atoms with Gasteiger partial charge in [-0.25, -0.2) is 0 Å². The standard InChI is InChI=1S/2C7H15N/c1-7(2)8-5-3-4-6-8;1-3-7-4-5-8(2)6-7/h2*7H,3-6H2,1-2H3/t;7-/m.1/s1. The van der Waals surface area contributed by atoms with Crippen molar-refractivity contribution in [3.63, 3.8) is 0 Å². The molecule has 2 fully saturated rings. The fourth-order valence-electron chi connectivity index (χ4n) is 2.62. The van der Waals surface area contributed by atoms with Crippen molar-refractivity contribution in [2.75, 3.05) is 33.2 Å². The van der Waals surface area contributed by atoms with Crippen LogP contribution in [0.1, 0.15) is 46.5 Å². The number of nitrogens with zero attached hydrogens (tertiary/aromatic N) is 2. The van der Waals surface area contributed by atoms with Gasteiger partial charge in [-0.3, -0.25) is 0 Å². The van der Waals surface area contributed by atoms with E-state index in [2.05, 4.69) is 37.6 Å². The largest absolute Gasteiger partial charge is 0.306 e. The highest BCUT2D eigenvalue weighted by molar-refractivity contribution is 4.70. The van der Waals surface area contributed by atoms with Crippen LogP contribution in [0.2, 0.25) is 0 Å². The quantitative estimate of drug-likeness (QED) is 0.714. The van der Waals surface area contributed by atoms with Gasteiger partial charge in [0.05, 0.1) is 0 Å². The predicted molar refractivity (Wildman–Crippen MR) is 71.8 cm³/mol. The van der Waals surface area contributed by atoms with Gasteiger partial charge in [0.25, 0.3) is 0 Å². The third-order valence-electron chi connectivity index (χ3n) is 3.94. The maximum atomic E-state index is 2.53. The zero-order chi connectivity index (χ0) is 12.0. The summed E-state index contributed by atoms with van der Waals surface area (Å²) in [6.45, 7) is 12.1. The van der Waals surface area contributed by atoms with Crippen LogP contribution in [0.25, 0.3) is 0 Å². The van der Waals surface area contributed by atoms with E-state index in [-0.39, 0.29) is 0 Å². The highest BCUT2D eigenvalue weighted by Crippen LogP contribution is 2.16. The zero-order valence-electron chi connectivity index (χ0n) is 11.7. The Labute approximate surface area is 102 Å². The van der Waals surface area contributed by atoms with E-state index in [1.165, 1.54) is 51.9 Å². The van der Waals surface area contributed by atoms with Crippen LogP contribution in [0.5, 0.6) is 0 Å². The highest BCUT2D eigenvalue weighted by atomic mass is 15.2. The number of hydrogen-bond acceptors (Lipinski definition) is 2. The molecule has 0 amide bonds.